The molecule has 1 aliphatic rings. The van der Waals surface area contributed by atoms with E-state index in [2.05, 4.69) is 0 Å². The van der Waals surface area contributed by atoms with E-state index in [0.29, 0.717) is 34.8 Å². The van der Waals surface area contributed by atoms with Crippen molar-refractivity contribution < 1.29 is 23.9 Å². The number of ether oxygens (including phenoxy) is 2. The Hall–Kier alpha value is -3.00. The molecule has 2 aromatic rings. The van der Waals surface area contributed by atoms with Gasteiger partial charge in [0.25, 0.3) is 11.8 Å². The number of thioether (sulfide) groups is 1. The Morgan fingerprint density at radius 3 is 2.23 bits per heavy atom. The summed E-state index contributed by atoms with van der Waals surface area (Å²) in [5, 5.41) is 0. The van der Waals surface area contributed by atoms with E-state index in [1.54, 1.807) is 63.4 Å². The van der Waals surface area contributed by atoms with Crippen LogP contribution < -0.4 is 9.47 Å². The predicted octanol–water partition coefficient (Wildman–Crippen LogP) is 3.08. The molecule has 0 N–H and O–H groups in total. The van der Waals surface area contributed by atoms with E-state index < -0.39 is 17.9 Å². The molecule has 0 aromatic heterocycles. The van der Waals surface area contributed by atoms with Gasteiger partial charge in [0.05, 0.1) is 25.3 Å². The number of carbonyl (C=O) groups is 3. The molecule has 31 heavy (non-hydrogen) atoms. The van der Waals surface area contributed by atoms with E-state index in [4.69, 9.17) is 9.47 Å². The first-order valence-electron chi connectivity index (χ1n) is 9.85. The van der Waals surface area contributed by atoms with Gasteiger partial charge in [-0.05, 0) is 36.6 Å². The molecule has 164 valence electrons. The van der Waals surface area contributed by atoms with Gasteiger partial charge in [-0.1, -0.05) is 24.3 Å². The zero-order valence-corrected chi connectivity index (χ0v) is 18.9. The van der Waals surface area contributed by atoms with Crippen molar-refractivity contribution in [3.8, 4) is 11.5 Å². The molecule has 0 spiro atoms. The highest BCUT2D eigenvalue weighted by Crippen LogP contribution is 2.32. The molecule has 0 saturated heterocycles. The number of imide groups is 1. The molecule has 0 fully saturated rings. The summed E-state index contributed by atoms with van der Waals surface area (Å²) in [5.74, 6) is 0.611. The zero-order valence-electron chi connectivity index (χ0n) is 18.1. The van der Waals surface area contributed by atoms with Crippen molar-refractivity contribution in [3.05, 3.63) is 59.2 Å². The Balaban J connectivity index is 1.87. The first-order chi connectivity index (χ1) is 14.9. The van der Waals surface area contributed by atoms with Gasteiger partial charge in [-0.15, -0.1) is 0 Å². The molecule has 1 unspecified atom stereocenters. The molecule has 0 saturated carbocycles. The van der Waals surface area contributed by atoms with Crippen molar-refractivity contribution in [3.63, 3.8) is 0 Å². The fourth-order valence-corrected chi connectivity index (χ4v) is 4.21. The minimum Gasteiger partial charge on any atom is -0.493 e. The number of amides is 3. The van der Waals surface area contributed by atoms with E-state index in [-0.39, 0.29) is 12.5 Å². The summed E-state index contributed by atoms with van der Waals surface area (Å²) < 4.78 is 10.8. The average molecular weight is 443 g/mol. The smallest absolute Gasteiger partial charge is 0.262 e. The summed E-state index contributed by atoms with van der Waals surface area (Å²) in [6.07, 6.45) is 2.31. The molecule has 0 bridgehead atoms. The number of rotatable bonds is 9. The van der Waals surface area contributed by atoms with E-state index in [0.717, 1.165) is 10.5 Å². The number of hydrogen-bond donors (Lipinski definition) is 0. The van der Waals surface area contributed by atoms with Crippen LogP contribution in [0.1, 0.15) is 32.7 Å². The normalized spacial score (nSPS) is 13.7. The maximum atomic E-state index is 13.4. The maximum absolute atomic E-state index is 13.4. The molecular formula is C23H26N2O5S. The van der Waals surface area contributed by atoms with Gasteiger partial charge in [0, 0.05) is 19.2 Å². The quantitative estimate of drug-likeness (QED) is 0.556. The lowest BCUT2D eigenvalue weighted by atomic mass is 10.1. The van der Waals surface area contributed by atoms with Crippen molar-refractivity contribution in [2.24, 2.45) is 0 Å². The third-order valence-electron chi connectivity index (χ3n) is 5.29. The highest BCUT2D eigenvalue weighted by atomic mass is 32.2. The summed E-state index contributed by atoms with van der Waals surface area (Å²) in [4.78, 5) is 42.0. The minimum atomic E-state index is -0.874. The van der Waals surface area contributed by atoms with E-state index in [9.17, 15) is 14.4 Å². The van der Waals surface area contributed by atoms with Gasteiger partial charge in [0.2, 0.25) is 5.91 Å². The molecule has 1 atom stereocenters. The second-order valence-electron chi connectivity index (χ2n) is 7.17. The Morgan fingerprint density at radius 1 is 1.03 bits per heavy atom. The second kappa shape index (κ2) is 9.87. The number of carbonyl (C=O) groups excluding carboxylic acids is 3. The molecule has 0 aliphatic carbocycles. The van der Waals surface area contributed by atoms with Crippen LogP contribution in [0, 0.1) is 0 Å². The Labute approximate surface area is 186 Å². The Morgan fingerprint density at radius 2 is 1.68 bits per heavy atom. The highest BCUT2D eigenvalue weighted by Gasteiger charge is 2.43. The van der Waals surface area contributed by atoms with Crippen LogP contribution in [-0.4, -0.2) is 66.8 Å². The molecule has 0 radical (unpaired) electrons. The van der Waals surface area contributed by atoms with Gasteiger partial charge in [0.1, 0.15) is 6.04 Å². The zero-order chi connectivity index (χ0) is 22.5. The molecule has 1 aliphatic heterocycles. The maximum Gasteiger partial charge on any atom is 0.262 e. The van der Waals surface area contributed by atoms with Crippen LogP contribution in [0.5, 0.6) is 11.5 Å². The number of fused-ring (bicyclic) bond motifs is 1. The van der Waals surface area contributed by atoms with Gasteiger partial charge in [-0.25, -0.2) is 0 Å². The van der Waals surface area contributed by atoms with Crippen molar-refractivity contribution >= 4 is 29.5 Å². The lowest BCUT2D eigenvalue weighted by molar-refractivity contribution is -0.134. The molecule has 8 heteroatoms. The fraction of sp³-hybridized carbons (Fsp3) is 0.348. The Bertz CT molecular complexity index is 959. The van der Waals surface area contributed by atoms with E-state index >= 15 is 0 Å². The topological polar surface area (TPSA) is 76.2 Å². The number of para-hydroxylation sites is 1. The van der Waals surface area contributed by atoms with Crippen LogP contribution in [0.15, 0.2) is 42.5 Å². The first-order valence-corrected chi connectivity index (χ1v) is 11.2. The lowest BCUT2D eigenvalue weighted by Gasteiger charge is -2.29. The summed E-state index contributed by atoms with van der Waals surface area (Å²) in [6.45, 7) is 0.248. The lowest BCUT2D eigenvalue weighted by Crippen LogP contribution is -2.50. The third-order valence-corrected chi connectivity index (χ3v) is 5.93. The van der Waals surface area contributed by atoms with Crippen LogP contribution in [0.4, 0.5) is 0 Å². The van der Waals surface area contributed by atoms with E-state index in [1.807, 2.05) is 18.4 Å². The number of hydrogen-bond acceptors (Lipinski definition) is 6. The number of methoxy groups -OCH3 is 2. The number of benzene rings is 2. The molecule has 3 amide bonds. The largest absolute Gasteiger partial charge is 0.493 e. The van der Waals surface area contributed by atoms with Gasteiger partial charge in [-0.3, -0.25) is 19.3 Å². The number of nitrogens with zero attached hydrogens (tertiary/aromatic N) is 2. The number of likely N-dealkylation sites (N-methyl/N-ethyl adjacent to an activating group) is 1. The second-order valence-corrected chi connectivity index (χ2v) is 8.16. The first kappa shape index (κ1) is 22.7. The molecule has 3 rings (SSSR count). The van der Waals surface area contributed by atoms with E-state index in [1.165, 1.54) is 4.90 Å². The molecule has 1 heterocycles. The van der Waals surface area contributed by atoms with Crippen molar-refractivity contribution in [1.29, 1.82) is 0 Å². The monoisotopic (exact) mass is 442 g/mol. The summed E-state index contributed by atoms with van der Waals surface area (Å²) in [6, 6.07) is 11.3. The van der Waals surface area contributed by atoms with Crippen molar-refractivity contribution in [1.82, 2.24) is 9.80 Å². The predicted molar refractivity (Wildman–Crippen MR) is 120 cm³/mol. The van der Waals surface area contributed by atoms with Crippen LogP contribution in [0.2, 0.25) is 0 Å². The summed E-state index contributed by atoms with van der Waals surface area (Å²) in [5.41, 5.74) is 1.45. The molecule has 2 aromatic carbocycles. The molecular weight excluding hydrogens is 416 g/mol. The van der Waals surface area contributed by atoms with Crippen LogP contribution in [0.25, 0.3) is 0 Å². The average Bonchev–Trinajstić information content (AvgIpc) is 3.04. The van der Waals surface area contributed by atoms with Gasteiger partial charge in [0.15, 0.2) is 11.5 Å². The van der Waals surface area contributed by atoms with Crippen molar-refractivity contribution in [2.75, 3.05) is 33.3 Å². The van der Waals surface area contributed by atoms with Gasteiger partial charge < -0.3 is 14.4 Å². The summed E-state index contributed by atoms with van der Waals surface area (Å²) in [7, 11) is 4.76. The minimum absolute atomic E-state index is 0.248. The van der Waals surface area contributed by atoms with Gasteiger partial charge >= 0.3 is 0 Å². The van der Waals surface area contributed by atoms with Gasteiger partial charge in [-0.2, -0.15) is 11.8 Å². The van der Waals surface area contributed by atoms with Crippen LogP contribution >= 0.6 is 11.8 Å². The Kier molecular flexibility index (Phi) is 7.22. The summed E-state index contributed by atoms with van der Waals surface area (Å²) >= 11 is 1.56. The SMILES string of the molecule is COc1cccc(CN(C)C(=O)C(CCSC)N2C(=O)c3ccccc3C2=O)c1OC. The van der Waals surface area contributed by atoms with Crippen molar-refractivity contribution in [2.45, 2.75) is 19.0 Å². The van der Waals surface area contributed by atoms with Crippen LogP contribution in [0.3, 0.4) is 0 Å². The molecule has 7 nitrogen and oxygen atoms in total. The van der Waals surface area contributed by atoms with Crippen LogP contribution in [-0.2, 0) is 11.3 Å². The fourth-order valence-electron chi connectivity index (χ4n) is 3.75. The third kappa shape index (κ3) is 4.39. The standard InChI is InChI=1S/C23H26N2O5S/c1-24(14-15-8-7-11-19(29-2)20(15)30-3)23(28)18(12-13-31-4)25-21(26)16-9-5-6-10-17(16)22(25)27/h5-11,18H,12-14H2,1-4H3. The highest BCUT2D eigenvalue weighted by molar-refractivity contribution is 7.98.